The lowest BCUT2D eigenvalue weighted by molar-refractivity contribution is 0.333. The molecule has 1 fully saturated rings. The minimum atomic E-state index is -0.0461. The van der Waals surface area contributed by atoms with Gasteiger partial charge in [-0.15, -0.1) is 0 Å². The molecule has 0 radical (unpaired) electrons. The van der Waals surface area contributed by atoms with E-state index in [9.17, 15) is 4.79 Å². The summed E-state index contributed by atoms with van der Waals surface area (Å²) in [6.45, 7) is 7.09. The minimum Gasteiger partial charge on any atom is -0.491 e. The molecule has 0 N–H and O–H groups in total. The van der Waals surface area contributed by atoms with Crippen LogP contribution >= 0.6 is 0 Å². The van der Waals surface area contributed by atoms with Gasteiger partial charge in [0.1, 0.15) is 5.69 Å². The van der Waals surface area contributed by atoms with Gasteiger partial charge in [0, 0.05) is 6.54 Å². The number of benzene rings is 1. The van der Waals surface area contributed by atoms with E-state index >= 15 is 0 Å². The van der Waals surface area contributed by atoms with Crippen molar-refractivity contribution in [1.29, 1.82) is 0 Å². The summed E-state index contributed by atoms with van der Waals surface area (Å²) in [4.78, 5) is 13.0. The van der Waals surface area contributed by atoms with Gasteiger partial charge in [-0.05, 0) is 50.7 Å². The Balaban J connectivity index is 2.21. The lowest BCUT2D eigenvalue weighted by Crippen LogP contribution is -2.27. The van der Waals surface area contributed by atoms with Crippen LogP contribution in [0.15, 0.2) is 29.1 Å². The first-order valence-corrected chi connectivity index (χ1v) is 7.92. The molecule has 0 unspecified atom stereocenters. The van der Waals surface area contributed by atoms with E-state index in [4.69, 9.17) is 4.74 Å². The molecule has 1 saturated carbocycles. The number of aryl methyl sites for hydroxylation is 2. The highest BCUT2D eigenvalue weighted by molar-refractivity contribution is 5.73. The molecule has 1 aliphatic carbocycles. The Hall–Kier alpha value is -2.10. The van der Waals surface area contributed by atoms with Gasteiger partial charge in [0.05, 0.1) is 12.2 Å². The molecule has 0 saturated heterocycles. The Morgan fingerprint density at radius 3 is 2.64 bits per heavy atom. The number of ether oxygens (including phenoxy) is 1. The van der Waals surface area contributed by atoms with Gasteiger partial charge in [0.25, 0.3) is 5.56 Å². The second kappa shape index (κ2) is 5.95. The molecular weight excluding hydrogens is 276 g/mol. The summed E-state index contributed by atoms with van der Waals surface area (Å²) in [5.41, 5.74) is 3.39. The van der Waals surface area contributed by atoms with E-state index < -0.39 is 0 Å². The maximum atomic E-state index is 13.0. The van der Waals surface area contributed by atoms with Crippen LogP contribution in [0.2, 0.25) is 0 Å². The standard InChI is InChI=1S/C18H22N2O2/c1-4-22-17-13(3)19-20(11-14-9-10-14)18(21)16(17)15-8-6-5-7-12(15)2/h5-8,14H,4,9-11H2,1-3H3. The van der Waals surface area contributed by atoms with E-state index in [1.807, 2.05) is 45.0 Å². The third-order valence-corrected chi connectivity index (χ3v) is 4.11. The highest BCUT2D eigenvalue weighted by atomic mass is 16.5. The Morgan fingerprint density at radius 2 is 2.00 bits per heavy atom. The van der Waals surface area contributed by atoms with Crippen molar-refractivity contribution in [1.82, 2.24) is 9.78 Å². The highest BCUT2D eigenvalue weighted by Crippen LogP contribution is 2.33. The van der Waals surface area contributed by atoms with Crippen molar-refractivity contribution < 1.29 is 4.74 Å². The number of rotatable bonds is 5. The second-order valence-corrected chi connectivity index (χ2v) is 5.97. The first kappa shape index (κ1) is 14.8. The quantitative estimate of drug-likeness (QED) is 0.850. The summed E-state index contributed by atoms with van der Waals surface area (Å²) < 4.78 is 7.38. The topological polar surface area (TPSA) is 44.1 Å². The normalized spacial score (nSPS) is 14.1. The van der Waals surface area contributed by atoms with Crippen LogP contribution < -0.4 is 10.3 Å². The minimum absolute atomic E-state index is 0.0461. The summed E-state index contributed by atoms with van der Waals surface area (Å²) in [6.07, 6.45) is 2.39. The third-order valence-electron chi connectivity index (χ3n) is 4.11. The first-order chi connectivity index (χ1) is 10.6. The lowest BCUT2D eigenvalue weighted by atomic mass is 10.0. The van der Waals surface area contributed by atoms with Gasteiger partial charge in [-0.2, -0.15) is 5.10 Å². The molecule has 1 aromatic carbocycles. The van der Waals surface area contributed by atoms with Gasteiger partial charge < -0.3 is 4.74 Å². The Labute approximate surface area is 130 Å². The number of nitrogens with zero attached hydrogens (tertiary/aromatic N) is 2. The van der Waals surface area contributed by atoms with Crippen molar-refractivity contribution in [3.8, 4) is 16.9 Å². The van der Waals surface area contributed by atoms with E-state index in [1.165, 1.54) is 12.8 Å². The molecule has 1 aliphatic rings. The van der Waals surface area contributed by atoms with Gasteiger partial charge >= 0.3 is 0 Å². The fourth-order valence-electron chi connectivity index (χ4n) is 2.76. The summed E-state index contributed by atoms with van der Waals surface area (Å²) >= 11 is 0. The molecule has 0 bridgehead atoms. The zero-order valence-corrected chi connectivity index (χ0v) is 13.4. The maximum absolute atomic E-state index is 13.0. The fourth-order valence-corrected chi connectivity index (χ4v) is 2.76. The van der Waals surface area contributed by atoms with Crippen molar-refractivity contribution in [2.75, 3.05) is 6.61 Å². The molecule has 3 rings (SSSR count). The molecular formula is C18H22N2O2. The van der Waals surface area contributed by atoms with Gasteiger partial charge in [-0.3, -0.25) is 4.79 Å². The molecule has 0 amide bonds. The van der Waals surface area contributed by atoms with Crippen molar-refractivity contribution in [2.24, 2.45) is 5.92 Å². The van der Waals surface area contributed by atoms with Crippen LogP contribution in [0, 0.1) is 19.8 Å². The van der Waals surface area contributed by atoms with Crippen LogP contribution in [-0.2, 0) is 6.54 Å². The zero-order chi connectivity index (χ0) is 15.7. The van der Waals surface area contributed by atoms with Crippen molar-refractivity contribution >= 4 is 0 Å². The highest BCUT2D eigenvalue weighted by Gasteiger charge is 2.25. The molecule has 4 heteroatoms. The molecule has 0 aliphatic heterocycles. The SMILES string of the molecule is CCOc1c(C)nn(CC2CC2)c(=O)c1-c1ccccc1C. The average molecular weight is 298 g/mol. The Bertz CT molecular complexity index is 745. The van der Waals surface area contributed by atoms with E-state index in [2.05, 4.69) is 5.10 Å². The molecule has 116 valence electrons. The van der Waals surface area contributed by atoms with Crippen molar-refractivity contribution in [3.63, 3.8) is 0 Å². The fraction of sp³-hybridized carbons (Fsp3) is 0.444. The van der Waals surface area contributed by atoms with Crippen molar-refractivity contribution in [2.45, 2.75) is 40.2 Å². The zero-order valence-electron chi connectivity index (χ0n) is 13.4. The second-order valence-electron chi connectivity index (χ2n) is 5.97. The number of hydrogen-bond donors (Lipinski definition) is 0. The van der Waals surface area contributed by atoms with Crippen LogP contribution in [0.5, 0.6) is 5.75 Å². The van der Waals surface area contributed by atoms with E-state index in [0.717, 1.165) is 16.8 Å². The maximum Gasteiger partial charge on any atom is 0.278 e. The summed E-state index contributed by atoms with van der Waals surface area (Å²) in [6, 6.07) is 7.94. The van der Waals surface area contributed by atoms with Gasteiger partial charge in [0.15, 0.2) is 5.75 Å². The summed E-state index contributed by atoms with van der Waals surface area (Å²) in [5, 5.41) is 4.47. The van der Waals surface area contributed by atoms with Crippen LogP contribution in [0.3, 0.4) is 0 Å². The Kier molecular flexibility index (Phi) is 4.01. The Morgan fingerprint density at radius 1 is 1.27 bits per heavy atom. The van der Waals surface area contributed by atoms with Crippen LogP contribution in [0.1, 0.15) is 31.0 Å². The number of aromatic nitrogens is 2. The van der Waals surface area contributed by atoms with Gasteiger partial charge in [-0.25, -0.2) is 4.68 Å². The lowest BCUT2D eigenvalue weighted by Gasteiger charge is -2.16. The van der Waals surface area contributed by atoms with E-state index in [-0.39, 0.29) is 5.56 Å². The van der Waals surface area contributed by atoms with E-state index in [1.54, 1.807) is 4.68 Å². The van der Waals surface area contributed by atoms with Gasteiger partial charge in [0.2, 0.25) is 0 Å². The molecule has 2 aromatic rings. The van der Waals surface area contributed by atoms with Gasteiger partial charge in [-0.1, -0.05) is 24.3 Å². The smallest absolute Gasteiger partial charge is 0.278 e. The molecule has 1 heterocycles. The van der Waals surface area contributed by atoms with Crippen LogP contribution in [-0.4, -0.2) is 16.4 Å². The first-order valence-electron chi connectivity index (χ1n) is 7.92. The molecule has 1 aromatic heterocycles. The predicted octanol–water partition coefficient (Wildman–Crippen LogP) is 3.34. The molecule has 0 spiro atoms. The van der Waals surface area contributed by atoms with Crippen LogP contribution in [0.4, 0.5) is 0 Å². The van der Waals surface area contributed by atoms with Crippen LogP contribution in [0.25, 0.3) is 11.1 Å². The largest absolute Gasteiger partial charge is 0.491 e. The molecule has 0 atom stereocenters. The van der Waals surface area contributed by atoms with E-state index in [0.29, 0.717) is 30.4 Å². The number of hydrogen-bond acceptors (Lipinski definition) is 3. The van der Waals surface area contributed by atoms with Crippen molar-refractivity contribution in [3.05, 3.63) is 45.9 Å². The third kappa shape index (κ3) is 2.78. The summed E-state index contributed by atoms with van der Waals surface area (Å²) in [7, 11) is 0. The summed E-state index contributed by atoms with van der Waals surface area (Å²) in [5.74, 6) is 1.22. The predicted molar refractivity (Wildman–Crippen MR) is 87.3 cm³/mol. The monoisotopic (exact) mass is 298 g/mol. The average Bonchev–Trinajstić information content (AvgIpc) is 3.30. The molecule has 22 heavy (non-hydrogen) atoms. The molecule has 4 nitrogen and oxygen atoms in total.